The van der Waals surface area contributed by atoms with E-state index >= 15 is 0 Å². The van der Waals surface area contributed by atoms with Crippen LogP contribution < -0.4 is 4.90 Å². The van der Waals surface area contributed by atoms with Crippen molar-refractivity contribution >= 4 is 71.7 Å². The molecule has 11 aromatic rings. The average Bonchev–Trinajstić information content (AvgIpc) is 3.81. The summed E-state index contributed by atoms with van der Waals surface area (Å²) in [4.78, 5) is 2.40. The third-order valence-corrected chi connectivity index (χ3v) is 10.9. The van der Waals surface area contributed by atoms with E-state index in [2.05, 4.69) is 193 Å². The first-order valence-electron chi connectivity index (χ1n) is 18.7. The summed E-state index contributed by atoms with van der Waals surface area (Å²) >= 11 is 0. The second kappa shape index (κ2) is 12.6. The standard InChI is InChI=1S/C52H33NO2/c1-2-12-35(13-3-1)41-16-6-9-19-47(41)53(40-26-22-34(23-27-40)38-24-28-44-43-18-8-11-21-49(43)54-51(44)33-38)48-20-10-7-17-42(48)39-25-29-50-45(31-39)46-30-36-14-4-5-15-37(36)32-52(46)55-50/h1-33H. The quantitative estimate of drug-likeness (QED) is 0.173. The number of anilines is 3. The van der Waals surface area contributed by atoms with Gasteiger partial charge in [0.1, 0.15) is 22.3 Å². The highest BCUT2D eigenvalue weighted by Crippen LogP contribution is 2.46. The molecule has 0 saturated heterocycles. The molecular weight excluding hydrogens is 671 g/mol. The molecule has 3 nitrogen and oxygen atoms in total. The smallest absolute Gasteiger partial charge is 0.136 e. The Morgan fingerprint density at radius 1 is 0.291 bits per heavy atom. The summed E-state index contributed by atoms with van der Waals surface area (Å²) in [5.41, 5.74) is 13.6. The zero-order valence-electron chi connectivity index (χ0n) is 29.8. The Labute approximate surface area is 317 Å². The molecular formula is C52H33NO2. The fourth-order valence-corrected chi connectivity index (χ4v) is 8.19. The molecule has 2 aromatic heterocycles. The van der Waals surface area contributed by atoms with E-state index in [1.807, 2.05) is 12.1 Å². The van der Waals surface area contributed by atoms with E-state index in [-0.39, 0.29) is 0 Å². The van der Waals surface area contributed by atoms with Gasteiger partial charge in [0, 0.05) is 38.4 Å². The SMILES string of the molecule is c1ccc(-c2ccccc2N(c2ccc(-c3ccc4c(c3)oc3ccccc34)cc2)c2ccccc2-c2ccc3oc4cc5ccccc5cc4c3c2)cc1. The maximum Gasteiger partial charge on any atom is 0.136 e. The fourth-order valence-electron chi connectivity index (χ4n) is 8.19. The Morgan fingerprint density at radius 3 is 1.62 bits per heavy atom. The number of nitrogens with zero attached hydrogens (tertiary/aromatic N) is 1. The summed E-state index contributed by atoms with van der Waals surface area (Å²) in [5.74, 6) is 0. The van der Waals surface area contributed by atoms with Gasteiger partial charge in [0.05, 0.1) is 11.4 Å². The molecule has 0 spiro atoms. The molecule has 0 N–H and O–H groups in total. The summed E-state index contributed by atoms with van der Waals surface area (Å²) in [6.07, 6.45) is 0. The molecule has 9 aromatic carbocycles. The number of furan rings is 2. The second-order valence-corrected chi connectivity index (χ2v) is 14.1. The number of hydrogen-bond donors (Lipinski definition) is 0. The summed E-state index contributed by atoms with van der Waals surface area (Å²) in [6, 6.07) is 71.1. The lowest BCUT2D eigenvalue weighted by molar-refractivity contribution is 0.669. The number of hydrogen-bond acceptors (Lipinski definition) is 3. The first kappa shape index (κ1) is 31.2. The highest BCUT2D eigenvalue weighted by molar-refractivity contribution is 6.11. The largest absolute Gasteiger partial charge is 0.456 e. The predicted molar refractivity (Wildman–Crippen MR) is 229 cm³/mol. The van der Waals surface area contributed by atoms with Crippen LogP contribution >= 0.6 is 0 Å². The van der Waals surface area contributed by atoms with Crippen LogP contribution in [0.2, 0.25) is 0 Å². The second-order valence-electron chi connectivity index (χ2n) is 14.1. The van der Waals surface area contributed by atoms with E-state index in [9.17, 15) is 0 Å². The predicted octanol–water partition coefficient (Wildman–Crippen LogP) is 15.1. The molecule has 0 fully saturated rings. The van der Waals surface area contributed by atoms with E-state index in [1.165, 1.54) is 10.8 Å². The monoisotopic (exact) mass is 703 g/mol. The molecule has 0 atom stereocenters. The van der Waals surface area contributed by atoms with Crippen molar-refractivity contribution in [3.8, 4) is 33.4 Å². The average molecular weight is 704 g/mol. The van der Waals surface area contributed by atoms with E-state index in [4.69, 9.17) is 8.83 Å². The molecule has 0 aliphatic carbocycles. The summed E-state index contributed by atoms with van der Waals surface area (Å²) in [7, 11) is 0. The molecule has 0 amide bonds. The van der Waals surface area contributed by atoms with Crippen LogP contribution in [0.15, 0.2) is 209 Å². The van der Waals surface area contributed by atoms with Crippen LogP contribution in [-0.4, -0.2) is 0 Å². The lowest BCUT2D eigenvalue weighted by Gasteiger charge is -2.30. The first-order valence-corrected chi connectivity index (χ1v) is 18.7. The number of para-hydroxylation sites is 3. The van der Waals surface area contributed by atoms with Gasteiger partial charge in [-0.1, -0.05) is 133 Å². The maximum atomic E-state index is 6.40. The van der Waals surface area contributed by atoms with Gasteiger partial charge in [0.25, 0.3) is 0 Å². The van der Waals surface area contributed by atoms with Gasteiger partial charge in [-0.15, -0.1) is 0 Å². The van der Waals surface area contributed by atoms with Crippen molar-refractivity contribution in [1.29, 1.82) is 0 Å². The first-order chi connectivity index (χ1) is 27.2. The van der Waals surface area contributed by atoms with Gasteiger partial charge in [0.15, 0.2) is 0 Å². The van der Waals surface area contributed by atoms with Gasteiger partial charge in [-0.25, -0.2) is 0 Å². The van der Waals surface area contributed by atoms with Gasteiger partial charge in [-0.2, -0.15) is 0 Å². The van der Waals surface area contributed by atoms with Crippen LogP contribution in [-0.2, 0) is 0 Å². The zero-order valence-corrected chi connectivity index (χ0v) is 29.8. The molecule has 0 aliphatic rings. The molecule has 0 unspecified atom stereocenters. The van der Waals surface area contributed by atoms with Crippen LogP contribution in [0.1, 0.15) is 0 Å². The third kappa shape index (κ3) is 5.28. The normalized spacial score (nSPS) is 11.6. The lowest BCUT2D eigenvalue weighted by Crippen LogP contribution is -2.12. The molecule has 0 bridgehead atoms. The van der Waals surface area contributed by atoms with Crippen LogP contribution in [0.3, 0.4) is 0 Å². The van der Waals surface area contributed by atoms with Crippen molar-refractivity contribution < 1.29 is 8.83 Å². The van der Waals surface area contributed by atoms with Crippen LogP contribution in [0.25, 0.3) is 88.0 Å². The molecule has 0 aliphatic heterocycles. The Bertz CT molecular complexity index is 3210. The topological polar surface area (TPSA) is 29.5 Å². The van der Waals surface area contributed by atoms with Crippen molar-refractivity contribution in [3.63, 3.8) is 0 Å². The minimum atomic E-state index is 0.884. The Kier molecular flexibility index (Phi) is 7.17. The molecule has 2 heterocycles. The Balaban J connectivity index is 1.07. The van der Waals surface area contributed by atoms with Gasteiger partial charge in [-0.05, 0) is 99.8 Å². The van der Waals surface area contributed by atoms with Crippen LogP contribution in [0, 0.1) is 0 Å². The summed E-state index contributed by atoms with van der Waals surface area (Å²) in [6.45, 7) is 0. The van der Waals surface area contributed by atoms with Gasteiger partial charge >= 0.3 is 0 Å². The summed E-state index contributed by atoms with van der Waals surface area (Å²) < 4.78 is 12.7. The third-order valence-electron chi connectivity index (χ3n) is 10.9. The highest BCUT2D eigenvalue weighted by Gasteiger charge is 2.21. The molecule has 11 rings (SSSR count). The number of benzene rings is 9. The van der Waals surface area contributed by atoms with E-state index in [0.717, 1.165) is 94.3 Å². The van der Waals surface area contributed by atoms with Crippen molar-refractivity contribution in [2.45, 2.75) is 0 Å². The summed E-state index contributed by atoms with van der Waals surface area (Å²) in [5, 5.41) is 6.87. The molecule has 55 heavy (non-hydrogen) atoms. The number of fused-ring (bicyclic) bond motifs is 7. The molecule has 3 heteroatoms. The minimum Gasteiger partial charge on any atom is -0.456 e. The van der Waals surface area contributed by atoms with E-state index in [0.29, 0.717) is 0 Å². The zero-order chi connectivity index (χ0) is 36.3. The van der Waals surface area contributed by atoms with E-state index in [1.54, 1.807) is 0 Å². The fraction of sp³-hybridized carbons (Fsp3) is 0. The Hall–Kier alpha value is -7.36. The van der Waals surface area contributed by atoms with Gasteiger partial charge in [0.2, 0.25) is 0 Å². The van der Waals surface area contributed by atoms with Gasteiger partial charge < -0.3 is 13.7 Å². The van der Waals surface area contributed by atoms with Crippen molar-refractivity contribution in [2.24, 2.45) is 0 Å². The maximum absolute atomic E-state index is 6.40. The van der Waals surface area contributed by atoms with Crippen LogP contribution in [0.4, 0.5) is 17.1 Å². The number of rotatable bonds is 6. The molecule has 0 saturated carbocycles. The van der Waals surface area contributed by atoms with Crippen LogP contribution in [0.5, 0.6) is 0 Å². The van der Waals surface area contributed by atoms with Gasteiger partial charge in [-0.3, -0.25) is 0 Å². The molecule has 0 radical (unpaired) electrons. The highest BCUT2D eigenvalue weighted by atomic mass is 16.3. The minimum absolute atomic E-state index is 0.884. The van der Waals surface area contributed by atoms with Crippen molar-refractivity contribution in [1.82, 2.24) is 0 Å². The molecule has 258 valence electrons. The lowest BCUT2D eigenvalue weighted by atomic mass is 9.97. The van der Waals surface area contributed by atoms with Crippen molar-refractivity contribution in [3.05, 3.63) is 200 Å². The van der Waals surface area contributed by atoms with Crippen molar-refractivity contribution in [2.75, 3.05) is 4.90 Å². The Morgan fingerprint density at radius 2 is 0.836 bits per heavy atom. The van der Waals surface area contributed by atoms with E-state index < -0.39 is 0 Å².